The molecule has 0 aromatic heterocycles. The molecule has 0 aliphatic carbocycles. The highest BCUT2D eigenvalue weighted by Gasteiger charge is 2.28. The van der Waals surface area contributed by atoms with Crippen LogP contribution < -0.4 is 5.73 Å². The summed E-state index contributed by atoms with van der Waals surface area (Å²) in [4.78, 5) is 10.6. The number of rotatable bonds is 5. The summed E-state index contributed by atoms with van der Waals surface area (Å²) in [6, 6.07) is 2.04. The van der Waals surface area contributed by atoms with Gasteiger partial charge in [-0.15, -0.1) is 0 Å². The van der Waals surface area contributed by atoms with Gasteiger partial charge in [0.1, 0.15) is 11.4 Å². The first-order chi connectivity index (χ1) is 9.20. The second-order valence-electron chi connectivity index (χ2n) is 3.88. The zero-order chi connectivity index (χ0) is 15.5. The quantitative estimate of drug-likeness (QED) is 0.650. The first-order valence-electron chi connectivity index (χ1n) is 5.56. The molecule has 0 saturated heterocycles. The molecule has 0 heterocycles. The minimum Gasteiger partial charge on any atom is -0.465 e. The molecule has 0 aliphatic rings. The van der Waals surface area contributed by atoms with Crippen LogP contribution in [0.2, 0.25) is 5.02 Å². The monoisotopic (exact) mass is 324 g/mol. The van der Waals surface area contributed by atoms with Gasteiger partial charge in [-0.25, -0.2) is 12.8 Å². The highest BCUT2D eigenvalue weighted by molar-refractivity contribution is 7.89. The minimum absolute atomic E-state index is 0.000454. The van der Waals surface area contributed by atoms with E-state index in [1.165, 1.54) is 0 Å². The first-order valence-corrected chi connectivity index (χ1v) is 7.38. The number of carbonyl (C=O) groups is 1. The lowest BCUT2D eigenvalue weighted by molar-refractivity contribution is -0.143. The van der Waals surface area contributed by atoms with E-state index in [0.717, 1.165) is 19.2 Å². The second-order valence-corrected chi connectivity index (χ2v) is 6.30. The molecule has 0 spiro atoms. The highest BCUT2D eigenvalue weighted by atomic mass is 35.5. The van der Waals surface area contributed by atoms with Crippen molar-refractivity contribution in [2.75, 3.05) is 25.9 Å². The van der Waals surface area contributed by atoms with Crippen molar-refractivity contribution >= 4 is 33.3 Å². The van der Waals surface area contributed by atoms with E-state index in [4.69, 9.17) is 17.3 Å². The molecular formula is C11H14ClFN2O4S. The van der Waals surface area contributed by atoms with Gasteiger partial charge < -0.3 is 10.5 Å². The van der Waals surface area contributed by atoms with Gasteiger partial charge in [0.15, 0.2) is 5.82 Å². The summed E-state index contributed by atoms with van der Waals surface area (Å²) in [6.45, 7) is 1.16. The molecular weight excluding hydrogens is 311 g/mol. The predicted octanol–water partition coefficient (Wildman–Crippen LogP) is 1.24. The fraction of sp³-hybridized carbons (Fsp3) is 0.364. The molecule has 0 radical (unpaired) electrons. The average molecular weight is 325 g/mol. The number of likely N-dealkylation sites (N-methyl/N-ethyl adjacent to an activating group) is 1. The zero-order valence-electron chi connectivity index (χ0n) is 10.9. The number of nitrogens with zero attached hydrogens (tertiary/aromatic N) is 1. The highest BCUT2D eigenvalue weighted by Crippen LogP contribution is 2.27. The van der Waals surface area contributed by atoms with Crippen LogP contribution in [0.4, 0.5) is 10.1 Å². The van der Waals surface area contributed by atoms with E-state index in [-0.39, 0.29) is 12.3 Å². The standard InChI is InChI=1S/C11H14ClFN2O4S/c1-3-19-10(16)6-15(2)20(17,18)9-5-7(14)4-8(12)11(9)13/h4-5H,3,6,14H2,1-2H3. The van der Waals surface area contributed by atoms with Gasteiger partial charge in [-0.3, -0.25) is 4.79 Å². The van der Waals surface area contributed by atoms with Gasteiger partial charge in [0, 0.05) is 12.7 Å². The topological polar surface area (TPSA) is 89.7 Å². The maximum absolute atomic E-state index is 13.8. The number of carbonyl (C=O) groups excluding carboxylic acids is 1. The van der Waals surface area contributed by atoms with Gasteiger partial charge in [0.05, 0.1) is 11.6 Å². The normalized spacial score (nSPS) is 11.7. The Morgan fingerprint density at radius 1 is 1.50 bits per heavy atom. The van der Waals surface area contributed by atoms with E-state index in [2.05, 4.69) is 4.74 Å². The van der Waals surface area contributed by atoms with Gasteiger partial charge in [-0.1, -0.05) is 11.6 Å². The van der Waals surface area contributed by atoms with Crippen molar-refractivity contribution in [2.24, 2.45) is 0 Å². The third-order valence-electron chi connectivity index (χ3n) is 2.36. The van der Waals surface area contributed by atoms with Gasteiger partial charge >= 0.3 is 5.97 Å². The summed E-state index contributed by atoms with van der Waals surface area (Å²) in [6.07, 6.45) is 0. The molecule has 1 aromatic rings. The van der Waals surface area contributed by atoms with E-state index in [0.29, 0.717) is 4.31 Å². The van der Waals surface area contributed by atoms with Crippen LogP contribution in [0.3, 0.4) is 0 Å². The number of sulfonamides is 1. The van der Waals surface area contributed by atoms with Gasteiger partial charge in [-0.05, 0) is 19.1 Å². The van der Waals surface area contributed by atoms with Gasteiger partial charge in [-0.2, -0.15) is 4.31 Å². The molecule has 1 rings (SSSR count). The summed E-state index contributed by atoms with van der Waals surface area (Å²) in [5.74, 6) is -1.86. The number of hydrogen-bond acceptors (Lipinski definition) is 5. The lowest BCUT2D eigenvalue weighted by Crippen LogP contribution is -2.33. The van der Waals surface area contributed by atoms with Crippen molar-refractivity contribution in [3.63, 3.8) is 0 Å². The van der Waals surface area contributed by atoms with Crippen LogP contribution in [0.1, 0.15) is 6.92 Å². The Balaban J connectivity index is 3.14. The summed E-state index contributed by atoms with van der Waals surface area (Å²) >= 11 is 5.56. The van der Waals surface area contributed by atoms with Crippen molar-refractivity contribution in [2.45, 2.75) is 11.8 Å². The van der Waals surface area contributed by atoms with Crippen molar-refractivity contribution in [1.29, 1.82) is 0 Å². The van der Waals surface area contributed by atoms with Crippen LogP contribution in [-0.2, 0) is 19.6 Å². The molecule has 0 bridgehead atoms. The van der Waals surface area contributed by atoms with Gasteiger partial charge in [0.25, 0.3) is 0 Å². The summed E-state index contributed by atoms with van der Waals surface area (Å²) in [5, 5.41) is -0.409. The van der Waals surface area contributed by atoms with E-state index in [1.54, 1.807) is 6.92 Å². The van der Waals surface area contributed by atoms with Crippen LogP contribution in [0.15, 0.2) is 17.0 Å². The Bertz CT molecular complexity index is 621. The van der Waals surface area contributed by atoms with Crippen molar-refractivity contribution in [3.8, 4) is 0 Å². The SMILES string of the molecule is CCOC(=O)CN(C)S(=O)(=O)c1cc(N)cc(Cl)c1F. The summed E-state index contributed by atoms with van der Waals surface area (Å²) < 4.78 is 43.4. The molecule has 6 nitrogen and oxygen atoms in total. The zero-order valence-corrected chi connectivity index (χ0v) is 12.5. The van der Waals surface area contributed by atoms with Crippen LogP contribution in [0.5, 0.6) is 0 Å². The minimum atomic E-state index is -4.23. The lowest BCUT2D eigenvalue weighted by atomic mass is 10.3. The first kappa shape index (κ1) is 16.7. The Hall–Kier alpha value is -1.38. The number of anilines is 1. The molecule has 2 N–H and O–H groups in total. The Morgan fingerprint density at radius 2 is 2.10 bits per heavy atom. The third-order valence-corrected chi connectivity index (χ3v) is 4.44. The fourth-order valence-corrected chi connectivity index (χ4v) is 2.93. The molecule has 1 aromatic carbocycles. The predicted molar refractivity (Wildman–Crippen MR) is 72.3 cm³/mol. The van der Waals surface area contributed by atoms with E-state index in [9.17, 15) is 17.6 Å². The van der Waals surface area contributed by atoms with Gasteiger partial charge in [0.2, 0.25) is 10.0 Å². The summed E-state index contributed by atoms with van der Waals surface area (Å²) in [7, 11) is -3.11. The third kappa shape index (κ3) is 3.59. The van der Waals surface area contributed by atoms with E-state index < -0.39 is 38.3 Å². The van der Waals surface area contributed by atoms with E-state index >= 15 is 0 Å². The van der Waals surface area contributed by atoms with E-state index in [1.807, 2.05) is 0 Å². The Kier molecular flexibility index (Phi) is 5.32. The molecule has 9 heteroatoms. The molecule has 0 atom stereocenters. The number of halogens is 2. The molecule has 0 amide bonds. The second kappa shape index (κ2) is 6.38. The molecule has 20 heavy (non-hydrogen) atoms. The number of nitrogens with two attached hydrogens (primary N) is 1. The van der Waals surface area contributed by atoms with Crippen LogP contribution in [-0.4, -0.2) is 38.9 Å². The lowest BCUT2D eigenvalue weighted by Gasteiger charge is -2.17. The Labute approximate surface area is 121 Å². The average Bonchev–Trinajstić information content (AvgIpc) is 2.33. The number of benzene rings is 1. The molecule has 0 saturated carbocycles. The number of nitrogen functional groups attached to an aromatic ring is 1. The molecule has 0 unspecified atom stereocenters. The van der Waals surface area contributed by atoms with Crippen molar-refractivity contribution < 1.29 is 22.3 Å². The fourth-order valence-electron chi connectivity index (χ4n) is 1.41. The number of ether oxygens (including phenoxy) is 1. The number of esters is 1. The number of hydrogen-bond donors (Lipinski definition) is 1. The maximum atomic E-state index is 13.8. The molecule has 112 valence electrons. The molecule has 0 fully saturated rings. The summed E-state index contributed by atoms with van der Waals surface area (Å²) in [5.41, 5.74) is 5.45. The van der Waals surface area contributed by atoms with Crippen molar-refractivity contribution in [1.82, 2.24) is 4.31 Å². The largest absolute Gasteiger partial charge is 0.465 e. The van der Waals surface area contributed by atoms with Crippen LogP contribution in [0.25, 0.3) is 0 Å². The van der Waals surface area contributed by atoms with Crippen LogP contribution in [0, 0.1) is 5.82 Å². The van der Waals surface area contributed by atoms with Crippen molar-refractivity contribution in [3.05, 3.63) is 23.0 Å². The molecule has 0 aliphatic heterocycles. The van der Waals surface area contributed by atoms with Crippen LogP contribution >= 0.6 is 11.6 Å². The Morgan fingerprint density at radius 3 is 2.65 bits per heavy atom. The maximum Gasteiger partial charge on any atom is 0.321 e. The smallest absolute Gasteiger partial charge is 0.321 e.